The SMILES string of the molecule is CC(C)(C)OC(=O)CN1CCC[C@H]1COC(=O)[C@@]1(C)CCCN(C(=O)c2ccccc2)C1. The summed E-state index contributed by atoms with van der Waals surface area (Å²) in [5, 5.41) is 0. The molecule has 0 radical (unpaired) electrons. The molecule has 1 amide bonds. The van der Waals surface area contributed by atoms with Crippen molar-refractivity contribution < 1.29 is 23.9 Å². The van der Waals surface area contributed by atoms with Gasteiger partial charge < -0.3 is 14.4 Å². The molecular formula is C25H36N2O5. The van der Waals surface area contributed by atoms with Crippen LogP contribution in [0.5, 0.6) is 0 Å². The van der Waals surface area contributed by atoms with E-state index in [0.29, 0.717) is 25.1 Å². The van der Waals surface area contributed by atoms with Gasteiger partial charge in [-0.05, 0) is 72.1 Å². The first-order valence-corrected chi connectivity index (χ1v) is 11.5. The molecule has 0 aromatic heterocycles. The molecule has 7 nitrogen and oxygen atoms in total. The van der Waals surface area contributed by atoms with Crippen molar-refractivity contribution in [1.82, 2.24) is 9.80 Å². The van der Waals surface area contributed by atoms with Crippen molar-refractivity contribution in [1.29, 1.82) is 0 Å². The molecule has 0 N–H and O–H groups in total. The quantitative estimate of drug-likeness (QED) is 0.627. The highest BCUT2D eigenvalue weighted by Crippen LogP contribution is 2.32. The van der Waals surface area contributed by atoms with Crippen LogP contribution >= 0.6 is 0 Å². The Balaban J connectivity index is 1.54. The molecule has 176 valence electrons. The second-order valence-corrected chi connectivity index (χ2v) is 10.2. The maximum Gasteiger partial charge on any atom is 0.320 e. The van der Waals surface area contributed by atoms with E-state index in [9.17, 15) is 14.4 Å². The molecule has 0 spiro atoms. The van der Waals surface area contributed by atoms with Crippen LogP contribution in [0, 0.1) is 5.41 Å². The Hall–Kier alpha value is -2.41. The Kier molecular flexibility index (Phi) is 7.59. The third-order valence-corrected chi connectivity index (χ3v) is 6.16. The number of nitrogens with zero attached hydrogens (tertiary/aromatic N) is 2. The van der Waals surface area contributed by atoms with Crippen molar-refractivity contribution >= 4 is 17.8 Å². The van der Waals surface area contributed by atoms with Gasteiger partial charge in [-0.1, -0.05) is 18.2 Å². The minimum atomic E-state index is -0.725. The van der Waals surface area contributed by atoms with Crippen molar-refractivity contribution in [2.75, 3.05) is 32.8 Å². The third kappa shape index (κ3) is 6.31. The largest absolute Gasteiger partial charge is 0.464 e. The molecule has 0 aliphatic carbocycles. The van der Waals surface area contributed by atoms with Crippen LogP contribution in [0.15, 0.2) is 30.3 Å². The van der Waals surface area contributed by atoms with E-state index in [-0.39, 0.29) is 37.0 Å². The first kappa shape index (κ1) is 24.2. The Morgan fingerprint density at radius 1 is 1.09 bits per heavy atom. The number of rotatable bonds is 6. The minimum Gasteiger partial charge on any atom is -0.464 e. The normalized spacial score (nSPS) is 24.2. The smallest absolute Gasteiger partial charge is 0.320 e. The van der Waals surface area contributed by atoms with Gasteiger partial charge in [0, 0.05) is 24.7 Å². The molecule has 2 aliphatic heterocycles. The Bertz CT molecular complexity index is 819. The molecule has 0 unspecified atom stereocenters. The van der Waals surface area contributed by atoms with Gasteiger partial charge in [0.05, 0.1) is 12.0 Å². The van der Waals surface area contributed by atoms with Crippen LogP contribution in [0.3, 0.4) is 0 Å². The zero-order valence-electron chi connectivity index (χ0n) is 19.8. The average molecular weight is 445 g/mol. The first-order chi connectivity index (χ1) is 15.1. The number of carbonyl (C=O) groups excluding carboxylic acids is 3. The average Bonchev–Trinajstić information content (AvgIpc) is 3.17. The number of esters is 2. The van der Waals surface area contributed by atoms with Gasteiger partial charge in [0.2, 0.25) is 0 Å². The van der Waals surface area contributed by atoms with Crippen LogP contribution in [-0.2, 0) is 19.1 Å². The van der Waals surface area contributed by atoms with Gasteiger partial charge in [-0.25, -0.2) is 0 Å². The van der Waals surface area contributed by atoms with E-state index < -0.39 is 11.0 Å². The Morgan fingerprint density at radius 3 is 2.50 bits per heavy atom. The fourth-order valence-corrected chi connectivity index (χ4v) is 4.52. The summed E-state index contributed by atoms with van der Waals surface area (Å²) < 4.78 is 11.2. The molecule has 1 aromatic rings. The summed E-state index contributed by atoms with van der Waals surface area (Å²) in [7, 11) is 0. The van der Waals surface area contributed by atoms with E-state index in [0.717, 1.165) is 25.8 Å². The molecule has 7 heteroatoms. The van der Waals surface area contributed by atoms with Crippen LogP contribution in [0.4, 0.5) is 0 Å². The van der Waals surface area contributed by atoms with Gasteiger partial charge in [0.25, 0.3) is 5.91 Å². The summed E-state index contributed by atoms with van der Waals surface area (Å²) in [6.07, 6.45) is 3.29. The molecule has 32 heavy (non-hydrogen) atoms. The Morgan fingerprint density at radius 2 is 1.81 bits per heavy atom. The van der Waals surface area contributed by atoms with Gasteiger partial charge in [-0.15, -0.1) is 0 Å². The van der Waals surface area contributed by atoms with Gasteiger partial charge in [-0.3, -0.25) is 19.3 Å². The van der Waals surface area contributed by atoms with E-state index >= 15 is 0 Å². The van der Waals surface area contributed by atoms with Crippen LogP contribution in [-0.4, -0.2) is 72.1 Å². The summed E-state index contributed by atoms with van der Waals surface area (Å²) in [5.41, 5.74) is -0.608. The maximum absolute atomic E-state index is 13.0. The fourth-order valence-electron chi connectivity index (χ4n) is 4.52. The number of piperidine rings is 1. The number of benzene rings is 1. The molecule has 2 saturated heterocycles. The number of hydrogen-bond acceptors (Lipinski definition) is 6. The predicted octanol–water partition coefficient (Wildman–Crippen LogP) is 3.28. The molecule has 2 fully saturated rings. The summed E-state index contributed by atoms with van der Waals surface area (Å²) in [5.74, 6) is -0.583. The lowest BCUT2D eigenvalue weighted by Crippen LogP contribution is -2.49. The highest BCUT2D eigenvalue weighted by Gasteiger charge is 2.41. The van der Waals surface area contributed by atoms with Crippen LogP contribution < -0.4 is 0 Å². The fraction of sp³-hybridized carbons (Fsp3) is 0.640. The molecule has 0 saturated carbocycles. The molecular weight excluding hydrogens is 408 g/mol. The lowest BCUT2D eigenvalue weighted by molar-refractivity contribution is -0.160. The van der Waals surface area contributed by atoms with Crippen molar-refractivity contribution in [2.24, 2.45) is 5.41 Å². The summed E-state index contributed by atoms with van der Waals surface area (Å²) in [6.45, 7) is 9.68. The number of likely N-dealkylation sites (tertiary alicyclic amines) is 2. The molecule has 2 atom stereocenters. The lowest BCUT2D eigenvalue weighted by atomic mass is 9.81. The highest BCUT2D eigenvalue weighted by molar-refractivity contribution is 5.94. The van der Waals surface area contributed by atoms with Gasteiger partial charge in [-0.2, -0.15) is 0 Å². The van der Waals surface area contributed by atoms with E-state index in [1.54, 1.807) is 17.0 Å². The lowest BCUT2D eigenvalue weighted by Gasteiger charge is -2.39. The summed E-state index contributed by atoms with van der Waals surface area (Å²) in [4.78, 5) is 41.9. The molecule has 3 rings (SSSR count). The predicted molar refractivity (Wildman–Crippen MR) is 121 cm³/mol. The van der Waals surface area contributed by atoms with Crippen LogP contribution in [0.1, 0.15) is 63.7 Å². The van der Waals surface area contributed by atoms with Gasteiger partial charge in [0.15, 0.2) is 0 Å². The summed E-state index contributed by atoms with van der Waals surface area (Å²) >= 11 is 0. The monoisotopic (exact) mass is 444 g/mol. The second-order valence-electron chi connectivity index (χ2n) is 10.2. The van der Waals surface area contributed by atoms with Gasteiger partial charge >= 0.3 is 11.9 Å². The summed E-state index contributed by atoms with van der Waals surface area (Å²) in [6, 6.07) is 9.17. The first-order valence-electron chi connectivity index (χ1n) is 11.5. The van der Waals surface area contributed by atoms with Crippen molar-refractivity contribution in [3.05, 3.63) is 35.9 Å². The van der Waals surface area contributed by atoms with Crippen molar-refractivity contribution in [2.45, 2.75) is 65.0 Å². The topological polar surface area (TPSA) is 76.2 Å². The highest BCUT2D eigenvalue weighted by atomic mass is 16.6. The number of hydrogen-bond donors (Lipinski definition) is 0. The zero-order valence-corrected chi connectivity index (χ0v) is 19.8. The zero-order chi connectivity index (χ0) is 23.4. The Labute approximate surface area is 191 Å². The van der Waals surface area contributed by atoms with Gasteiger partial charge in [0.1, 0.15) is 12.2 Å². The maximum atomic E-state index is 13.0. The number of amides is 1. The van der Waals surface area contributed by atoms with Crippen molar-refractivity contribution in [3.8, 4) is 0 Å². The van der Waals surface area contributed by atoms with Crippen LogP contribution in [0.2, 0.25) is 0 Å². The molecule has 2 aliphatic rings. The van der Waals surface area contributed by atoms with E-state index in [2.05, 4.69) is 0 Å². The van der Waals surface area contributed by atoms with Crippen LogP contribution in [0.25, 0.3) is 0 Å². The number of ether oxygens (including phenoxy) is 2. The minimum absolute atomic E-state index is 0.0145. The molecule has 0 bridgehead atoms. The third-order valence-electron chi connectivity index (χ3n) is 6.16. The van der Waals surface area contributed by atoms with Crippen molar-refractivity contribution in [3.63, 3.8) is 0 Å². The second kappa shape index (κ2) is 10.0. The number of carbonyl (C=O) groups is 3. The molecule has 2 heterocycles. The molecule has 1 aromatic carbocycles. The van der Waals surface area contributed by atoms with E-state index in [1.165, 1.54) is 0 Å². The standard InChI is InChI=1S/C25H36N2O5/c1-24(2,3)32-21(28)16-26-14-8-12-20(26)17-31-23(30)25(4)13-9-15-27(18-25)22(29)19-10-6-5-7-11-19/h5-7,10-11,20H,8-9,12-18H2,1-4H3/t20-,25-/m0/s1. The van der Waals surface area contributed by atoms with E-state index in [4.69, 9.17) is 9.47 Å². The van der Waals surface area contributed by atoms with E-state index in [1.807, 2.05) is 50.8 Å².